The van der Waals surface area contributed by atoms with Gasteiger partial charge in [-0.3, -0.25) is 10.1 Å². The van der Waals surface area contributed by atoms with Gasteiger partial charge in [-0.25, -0.2) is 0 Å². The highest BCUT2D eigenvalue weighted by Crippen LogP contribution is 2.67. The fourth-order valence-corrected chi connectivity index (χ4v) is 13.7. The molecule has 72 heavy (non-hydrogen) atoms. The van der Waals surface area contributed by atoms with E-state index in [0.29, 0.717) is 63.7 Å². The van der Waals surface area contributed by atoms with Gasteiger partial charge < -0.3 is 40.3 Å². The summed E-state index contributed by atoms with van der Waals surface area (Å²) in [6.45, 7) is 15.9. The van der Waals surface area contributed by atoms with Gasteiger partial charge in [-0.05, 0) is 162 Å². The number of carbonyl (C=O) groups is 1. The zero-order valence-corrected chi connectivity index (χ0v) is 44.2. The summed E-state index contributed by atoms with van der Waals surface area (Å²) in [6, 6.07) is 19.5. The van der Waals surface area contributed by atoms with Crippen molar-refractivity contribution in [3.63, 3.8) is 0 Å². The van der Waals surface area contributed by atoms with Crippen LogP contribution in [0.1, 0.15) is 109 Å². The molecule has 5 aliphatic rings. The summed E-state index contributed by atoms with van der Waals surface area (Å²) in [6.07, 6.45) is 19.9. The Bertz CT molecular complexity index is 2350. The summed E-state index contributed by atoms with van der Waals surface area (Å²) in [7, 11) is 3.58. The van der Waals surface area contributed by atoms with Gasteiger partial charge in [0.05, 0.1) is 11.7 Å². The van der Waals surface area contributed by atoms with Gasteiger partial charge in [-0.1, -0.05) is 135 Å². The van der Waals surface area contributed by atoms with Crippen molar-refractivity contribution in [2.24, 2.45) is 46.8 Å². The van der Waals surface area contributed by atoms with Crippen LogP contribution in [0, 0.1) is 46.8 Å². The molecule has 7 N–H and O–H groups in total. The van der Waals surface area contributed by atoms with Crippen LogP contribution in [0.15, 0.2) is 138 Å². The number of allylic oxidation sites excluding steroid dienone is 9. The lowest BCUT2D eigenvalue weighted by molar-refractivity contribution is -0.195. The number of nitrogens with one attached hydrogen (secondary N) is 2. The molecule has 4 bridgehead atoms. The third-order valence-electron chi connectivity index (χ3n) is 17.6. The van der Waals surface area contributed by atoms with Crippen LogP contribution in [-0.4, -0.2) is 102 Å². The fourth-order valence-electron chi connectivity index (χ4n) is 13.7. The number of hydrogen-bond donors (Lipinski definition) is 7. The number of benzene rings is 2. The first-order valence-electron chi connectivity index (χ1n) is 26.9. The average Bonchev–Trinajstić information content (AvgIpc) is 3.71. The number of methoxy groups -OCH3 is 1. The first-order chi connectivity index (χ1) is 34.5. The molecule has 2 heterocycles. The van der Waals surface area contributed by atoms with Gasteiger partial charge in [0.15, 0.2) is 6.29 Å². The highest BCUT2D eigenvalue weighted by Gasteiger charge is 2.69. The molecule has 2 aromatic carbocycles. The number of aryl methyl sites for hydroxylation is 1. The molecule has 10 nitrogen and oxygen atoms in total. The molecule has 0 aromatic heterocycles. The van der Waals surface area contributed by atoms with Crippen LogP contribution in [-0.2, 0) is 27.1 Å². The van der Waals surface area contributed by atoms with E-state index in [4.69, 9.17) is 16.1 Å². The van der Waals surface area contributed by atoms with Crippen molar-refractivity contribution in [1.29, 1.82) is 0 Å². The molecular formula is C62H86N2O8. The van der Waals surface area contributed by atoms with E-state index < -0.39 is 47.2 Å². The molecule has 2 aromatic rings. The monoisotopic (exact) mass is 987 g/mol. The second-order valence-electron chi connectivity index (χ2n) is 22.6. The van der Waals surface area contributed by atoms with Crippen LogP contribution < -0.4 is 10.6 Å². The van der Waals surface area contributed by atoms with Gasteiger partial charge in [0.2, 0.25) is 0 Å². The molecule has 3 aliphatic carbocycles. The van der Waals surface area contributed by atoms with E-state index in [2.05, 4.69) is 110 Å². The number of carbonyl (C=O) groups excluding carboxylic acids is 1. The van der Waals surface area contributed by atoms with Gasteiger partial charge in [0.25, 0.3) is 0 Å². The lowest BCUT2D eigenvalue weighted by Gasteiger charge is -2.61. The Kier molecular flexibility index (Phi) is 19.0. The summed E-state index contributed by atoms with van der Waals surface area (Å²) in [4.78, 5) is 12.7. The Morgan fingerprint density at radius 3 is 2.50 bits per heavy atom. The maximum atomic E-state index is 13.4. The molecule has 2 saturated carbocycles. The summed E-state index contributed by atoms with van der Waals surface area (Å²) in [5.41, 5.74) is 5.07. The smallest absolute Gasteiger partial charge is 0.162 e. The number of aliphatic hydroxyl groups excluding tert-OH is 4. The number of aldehydes is 1. The number of rotatable bonds is 18. The lowest BCUT2D eigenvalue weighted by Crippen LogP contribution is -2.65. The second kappa shape index (κ2) is 24.5. The number of aliphatic hydroxyl groups is 5. The summed E-state index contributed by atoms with van der Waals surface area (Å²) < 4.78 is 12.1. The maximum absolute atomic E-state index is 13.4. The average molecular weight is 987 g/mol. The third-order valence-corrected chi connectivity index (χ3v) is 17.6. The zero-order valence-electron chi connectivity index (χ0n) is 44.2. The van der Waals surface area contributed by atoms with Gasteiger partial charge in [-0.15, -0.1) is 0 Å². The molecule has 0 saturated heterocycles. The highest BCUT2D eigenvalue weighted by atomic mass is 16.6. The molecular weight excluding hydrogens is 901 g/mol. The van der Waals surface area contributed by atoms with Crippen LogP contribution in [0.3, 0.4) is 0 Å². The van der Waals surface area contributed by atoms with Crippen molar-refractivity contribution in [2.75, 3.05) is 33.9 Å². The molecule has 1 spiro atoms. The van der Waals surface area contributed by atoms with Gasteiger partial charge in [0, 0.05) is 49.0 Å². The Labute approximate surface area is 430 Å². The van der Waals surface area contributed by atoms with Crippen LogP contribution in [0.25, 0.3) is 0 Å². The second-order valence-corrected chi connectivity index (χ2v) is 22.6. The molecule has 0 amide bonds. The van der Waals surface area contributed by atoms with E-state index in [-0.39, 0.29) is 48.0 Å². The first kappa shape index (κ1) is 55.7. The molecule has 14 atom stereocenters. The maximum Gasteiger partial charge on any atom is 0.162 e. The molecule has 0 radical (unpaired) electrons. The van der Waals surface area contributed by atoms with Crippen molar-refractivity contribution in [2.45, 2.75) is 141 Å². The summed E-state index contributed by atoms with van der Waals surface area (Å²) >= 11 is 0. The molecule has 0 unspecified atom stereocenters. The number of hydrogen-bond acceptors (Lipinski definition) is 10. The van der Waals surface area contributed by atoms with Crippen molar-refractivity contribution in [3.05, 3.63) is 154 Å². The van der Waals surface area contributed by atoms with Gasteiger partial charge >= 0.3 is 0 Å². The number of fused-ring (bicyclic) bond motifs is 5. The van der Waals surface area contributed by atoms with E-state index in [1.165, 1.54) is 16.7 Å². The molecule has 2 fully saturated rings. The fraction of sp³-hybridized carbons (Fsp3) is 0.565. The number of ether oxygens (including phenoxy) is 2. The Balaban J connectivity index is 1.32. The molecule has 10 heteroatoms. The Morgan fingerprint density at radius 1 is 1.03 bits per heavy atom. The van der Waals surface area contributed by atoms with Crippen molar-refractivity contribution in [3.8, 4) is 0 Å². The lowest BCUT2D eigenvalue weighted by atomic mass is 9.45. The predicted octanol–water partition coefficient (Wildman–Crippen LogP) is 9.02. The molecule has 2 aliphatic heterocycles. The largest absolute Gasteiger partial charge is 0.396 e. The van der Waals surface area contributed by atoms with Crippen molar-refractivity contribution < 1.29 is 39.8 Å². The van der Waals surface area contributed by atoms with Crippen LogP contribution in [0.2, 0.25) is 0 Å². The third kappa shape index (κ3) is 11.9. The molecule has 392 valence electrons. The van der Waals surface area contributed by atoms with Crippen molar-refractivity contribution >= 4 is 6.29 Å². The summed E-state index contributed by atoms with van der Waals surface area (Å²) in [5.74, 6) is -1.27. The first-order valence-corrected chi connectivity index (χ1v) is 26.9. The molecule has 7 rings (SSSR count). The van der Waals surface area contributed by atoms with E-state index in [1.54, 1.807) is 7.11 Å². The Morgan fingerprint density at radius 2 is 1.81 bits per heavy atom. The minimum absolute atomic E-state index is 0.0512. The van der Waals surface area contributed by atoms with E-state index >= 15 is 0 Å². The normalized spacial score (nSPS) is 36.5. The highest BCUT2D eigenvalue weighted by molar-refractivity contribution is 5.74. The van der Waals surface area contributed by atoms with E-state index in [9.17, 15) is 30.3 Å². The summed E-state index contributed by atoms with van der Waals surface area (Å²) in [5, 5.41) is 67.1. The zero-order chi connectivity index (χ0) is 51.8. The minimum Gasteiger partial charge on any atom is -0.396 e. The van der Waals surface area contributed by atoms with Crippen LogP contribution in [0.4, 0.5) is 0 Å². The topological polar surface area (TPSA) is 161 Å². The minimum atomic E-state index is -1.30. The van der Waals surface area contributed by atoms with Crippen molar-refractivity contribution in [1.82, 2.24) is 10.6 Å². The van der Waals surface area contributed by atoms with E-state index in [1.807, 2.05) is 45.2 Å². The predicted molar refractivity (Wildman–Crippen MR) is 288 cm³/mol. The Hall–Kier alpha value is -4.07. The SMILES string of the molecule is C=C(/C=C/C=C(/[C@@H]1C=C[C@@H](C(C)C)[C@H](O)O1)[C@@H]1CC[C@]2([C@@H]1O)[C@@H]1C(=C(C)C=O)[C@@H](C=C[C@H]1CCO)C[C@]2(O)CCNC)[C@H]1C/C=C(\C)[C@@H](O)N[C@@](C)(CCOC)Cc2cccc(c2)[C@@H]1CCc1ccccc1. The van der Waals surface area contributed by atoms with Crippen LogP contribution >= 0.6 is 0 Å². The van der Waals surface area contributed by atoms with Gasteiger partial charge in [-0.2, -0.15) is 0 Å². The van der Waals surface area contributed by atoms with Gasteiger partial charge in [0.1, 0.15) is 18.6 Å². The standard InChI is InChI=1S/C62H86N2O8/c1-40(2)49-26-27-54(72-59(49)69)52(53-28-30-62(57(53)67)56-46(29-34-65)22-23-48(55(56)43(5)39-66)38-61(62,70)31-33-63-7)19-12-14-41(3)50-24-20-42(4)58(68)64-60(6,32-35-71-8)37-45-17-13-18-47(36-45)51(50)25-21-44-15-10-9-11-16-44/h9-20,22-23,26-27,36,39-40,46,48-51,53-54,56-59,63-65,67-70H,3,21,24-25,28-35,37-38H2,1-2,4-8H3/b14-12+,42-20+,52-19+,55-43?/t46-,48-,49-,50+,51-,53-,54-,56-,57+,58+,59+,60-,61+,62+/m0/s1. The van der Waals surface area contributed by atoms with E-state index in [0.717, 1.165) is 47.8 Å². The van der Waals surface area contributed by atoms with Crippen LogP contribution in [0.5, 0.6) is 0 Å². The quantitative estimate of drug-likeness (QED) is 0.0333.